The second-order valence-corrected chi connectivity index (χ2v) is 11.2. The topological polar surface area (TPSA) is 65.1 Å². The number of rotatable bonds is 4. The maximum Gasteiger partial charge on any atom is 0.326 e. The number of amides is 3. The molecule has 5 rings (SSSR count). The van der Waals surface area contributed by atoms with Gasteiger partial charge in [0.1, 0.15) is 11.3 Å². The Balaban J connectivity index is 1.16. The van der Waals surface area contributed by atoms with Gasteiger partial charge in [-0.3, -0.25) is 14.6 Å². The molecule has 2 unspecified atom stereocenters. The monoisotopic (exact) mass is 440 g/mol. The van der Waals surface area contributed by atoms with Crippen LogP contribution in [0.5, 0.6) is 5.75 Å². The van der Waals surface area contributed by atoms with Gasteiger partial charge in [-0.25, -0.2) is 9.69 Å². The van der Waals surface area contributed by atoms with Gasteiger partial charge in [-0.05, 0) is 47.8 Å². The Morgan fingerprint density at radius 1 is 1.09 bits per heavy atom. The summed E-state index contributed by atoms with van der Waals surface area (Å²) in [5.74, 6) is 1.43. The fraction of sp³-hybridized carbons (Fsp3) is 0.680. The summed E-state index contributed by atoms with van der Waals surface area (Å²) in [5, 5.41) is 3.10. The van der Waals surface area contributed by atoms with Crippen molar-refractivity contribution in [2.45, 2.75) is 58.5 Å². The average molecular weight is 441 g/mol. The molecule has 3 amide bonds. The lowest BCUT2D eigenvalue weighted by Gasteiger charge is -2.44. The van der Waals surface area contributed by atoms with Crippen LogP contribution in [0.1, 0.15) is 51.2 Å². The number of ether oxygens (including phenoxy) is 1. The van der Waals surface area contributed by atoms with Gasteiger partial charge in [0.05, 0.1) is 13.3 Å². The number of carbonyl (C=O) groups is 2. The van der Waals surface area contributed by atoms with Crippen LogP contribution in [-0.2, 0) is 17.8 Å². The molecule has 0 aromatic heterocycles. The van der Waals surface area contributed by atoms with Crippen molar-refractivity contribution < 1.29 is 14.3 Å². The first-order chi connectivity index (χ1) is 15.2. The number of piperazine rings is 1. The van der Waals surface area contributed by atoms with E-state index in [-0.39, 0.29) is 17.4 Å². The van der Waals surface area contributed by atoms with Gasteiger partial charge in [-0.1, -0.05) is 32.9 Å². The lowest BCUT2D eigenvalue weighted by atomic mass is 9.64. The van der Waals surface area contributed by atoms with E-state index in [9.17, 15) is 9.59 Å². The number of benzene rings is 1. The molecule has 1 saturated carbocycles. The highest BCUT2D eigenvalue weighted by Crippen LogP contribution is 2.46. The first-order valence-electron chi connectivity index (χ1n) is 12.1. The standard InChI is InChI=1S/C25H36N4O3/c1-18-13-24(2,3)16-25(14-18)22(30)29(23(31)26-25)17-28-9-7-27(8-10-28)15-19-4-5-21-20(12-19)6-11-32-21/h4-5,12,18H,6-11,13-17H2,1-3H3,(H,26,31). The van der Waals surface area contributed by atoms with E-state index in [4.69, 9.17) is 4.74 Å². The zero-order valence-electron chi connectivity index (χ0n) is 19.7. The maximum absolute atomic E-state index is 13.4. The van der Waals surface area contributed by atoms with E-state index in [0.29, 0.717) is 12.6 Å². The van der Waals surface area contributed by atoms with Crippen LogP contribution in [0.3, 0.4) is 0 Å². The van der Waals surface area contributed by atoms with E-state index in [1.54, 1.807) is 0 Å². The van der Waals surface area contributed by atoms with Gasteiger partial charge in [0.2, 0.25) is 0 Å². The molecule has 0 bridgehead atoms. The van der Waals surface area contributed by atoms with Crippen molar-refractivity contribution in [3.8, 4) is 5.75 Å². The molecule has 7 heteroatoms. The highest BCUT2D eigenvalue weighted by atomic mass is 16.5. The van der Waals surface area contributed by atoms with Crippen molar-refractivity contribution in [1.82, 2.24) is 20.0 Å². The fourth-order valence-corrected chi connectivity index (χ4v) is 6.52. The summed E-state index contributed by atoms with van der Waals surface area (Å²) < 4.78 is 5.61. The molecular formula is C25H36N4O3. The lowest BCUT2D eigenvalue weighted by molar-refractivity contribution is -0.136. The van der Waals surface area contributed by atoms with Crippen LogP contribution >= 0.6 is 0 Å². The Kier molecular flexibility index (Phi) is 5.45. The predicted octanol–water partition coefficient (Wildman–Crippen LogP) is 2.83. The van der Waals surface area contributed by atoms with Crippen molar-refractivity contribution in [2.75, 3.05) is 39.5 Å². The van der Waals surface area contributed by atoms with Gasteiger partial charge in [0.25, 0.3) is 5.91 Å². The summed E-state index contributed by atoms with van der Waals surface area (Å²) in [7, 11) is 0. The minimum atomic E-state index is -0.711. The molecule has 7 nitrogen and oxygen atoms in total. The van der Waals surface area contributed by atoms with Gasteiger partial charge in [0.15, 0.2) is 0 Å². The van der Waals surface area contributed by atoms with Crippen LogP contribution in [0.4, 0.5) is 4.79 Å². The van der Waals surface area contributed by atoms with E-state index < -0.39 is 5.54 Å². The van der Waals surface area contributed by atoms with E-state index in [1.807, 2.05) is 0 Å². The van der Waals surface area contributed by atoms with E-state index in [0.717, 1.165) is 70.8 Å². The molecule has 2 saturated heterocycles. The molecule has 1 aliphatic carbocycles. The summed E-state index contributed by atoms with van der Waals surface area (Å²) in [6, 6.07) is 6.31. The molecule has 1 spiro atoms. The van der Waals surface area contributed by atoms with Crippen molar-refractivity contribution in [1.29, 1.82) is 0 Å². The highest BCUT2D eigenvalue weighted by Gasteiger charge is 2.56. The van der Waals surface area contributed by atoms with Crippen LogP contribution in [0, 0.1) is 11.3 Å². The maximum atomic E-state index is 13.4. The zero-order valence-corrected chi connectivity index (χ0v) is 19.7. The number of hydrogen-bond acceptors (Lipinski definition) is 5. The number of imide groups is 1. The zero-order chi connectivity index (χ0) is 22.5. The number of nitrogens with one attached hydrogen (secondary N) is 1. The van der Waals surface area contributed by atoms with Crippen molar-refractivity contribution in [3.05, 3.63) is 29.3 Å². The lowest BCUT2D eigenvalue weighted by Crippen LogP contribution is -2.55. The first kappa shape index (κ1) is 21.7. The quantitative estimate of drug-likeness (QED) is 0.730. The number of nitrogens with zero attached hydrogens (tertiary/aromatic N) is 3. The van der Waals surface area contributed by atoms with Crippen molar-refractivity contribution in [2.24, 2.45) is 11.3 Å². The van der Waals surface area contributed by atoms with Gasteiger partial charge < -0.3 is 10.1 Å². The summed E-state index contributed by atoms with van der Waals surface area (Å²) in [6.07, 6.45) is 3.57. The van der Waals surface area contributed by atoms with Crippen LogP contribution in [0.15, 0.2) is 18.2 Å². The molecule has 1 aromatic rings. The fourth-order valence-electron chi connectivity index (χ4n) is 6.52. The first-order valence-corrected chi connectivity index (χ1v) is 12.1. The number of hydrogen-bond donors (Lipinski definition) is 1. The minimum Gasteiger partial charge on any atom is -0.493 e. The number of carbonyl (C=O) groups excluding carboxylic acids is 2. The van der Waals surface area contributed by atoms with Crippen LogP contribution in [-0.4, -0.2) is 71.6 Å². The molecular weight excluding hydrogens is 404 g/mol. The normalized spacial score (nSPS) is 30.5. The third kappa shape index (κ3) is 4.13. The van der Waals surface area contributed by atoms with Crippen LogP contribution in [0.2, 0.25) is 0 Å². The molecule has 1 N–H and O–H groups in total. The van der Waals surface area contributed by atoms with Gasteiger partial charge >= 0.3 is 6.03 Å². The summed E-state index contributed by atoms with van der Waals surface area (Å²) in [6.45, 7) is 12.3. The Hall–Kier alpha value is -2.12. The second-order valence-electron chi connectivity index (χ2n) is 11.2. The molecule has 4 aliphatic rings. The van der Waals surface area contributed by atoms with Crippen LogP contribution < -0.4 is 10.1 Å². The van der Waals surface area contributed by atoms with Crippen LogP contribution in [0.25, 0.3) is 0 Å². The third-order valence-corrected chi connectivity index (χ3v) is 7.59. The Labute approximate surface area is 191 Å². The highest BCUT2D eigenvalue weighted by molar-refractivity contribution is 6.07. The summed E-state index contributed by atoms with van der Waals surface area (Å²) in [4.78, 5) is 32.3. The Bertz CT molecular complexity index is 908. The summed E-state index contributed by atoms with van der Waals surface area (Å²) >= 11 is 0. The minimum absolute atomic E-state index is 0.0232. The number of fused-ring (bicyclic) bond motifs is 1. The SMILES string of the molecule is CC1CC(C)(C)CC2(C1)NC(=O)N(CN1CCN(Cc3ccc4c(c3)CCO4)CC1)C2=O. The third-order valence-electron chi connectivity index (χ3n) is 7.59. The predicted molar refractivity (Wildman–Crippen MR) is 122 cm³/mol. The Morgan fingerprint density at radius 2 is 1.84 bits per heavy atom. The van der Waals surface area contributed by atoms with Gasteiger partial charge in [0, 0.05) is 39.1 Å². The molecule has 1 aromatic carbocycles. The second kappa shape index (κ2) is 8.03. The average Bonchev–Trinajstić information content (AvgIpc) is 3.26. The van der Waals surface area contributed by atoms with E-state index in [2.05, 4.69) is 54.1 Å². The Morgan fingerprint density at radius 3 is 2.59 bits per heavy atom. The molecule has 2 atom stereocenters. The van der Waals surface area contributed by atoms with E-state index >= 15 is 0 Å². The van der Waals surface area contributed by atoms with Crippen molar-refractivity contribution in [3.63, 3.8) is 0 Å². The smallest absolute Gasteiger partial charge is 0.326 e. The largest absolute Gasteiger partial charge is 0.493 e. The molecule has 3 fully saturated rings. The van der Waals surface area contributed by atoms with Gasteiger partial charge in [-0.2, -0.15) is 0 Å². The molecule has 3 heterocycles. The van der Waals surface area contributed by atoms with E-state index in [1.165, 1.54) is 16.0 Å². The van der Waals surface area contributed by atoms with Crippen molar-refractivity contribution >= 4 is 11.9 Å². The van der Waals surface area contributed by atoms with Gasteiger partial charge in [-0.15, -0.1) is 0 Å². The molecule has 32 heavy (non-hydrogen) atoms. The molecule has 174 valence electrons. The molecule has 3 aliphatic heterocycles. The molecule has 0 radical (unpaired) electrons. The number of urea groups is 1. The summed E-state index contributed by atoms with van der Waals surface area (Å²) in [5.41, 5.74) is 1.99.